The summed E-state index contributed by atoms with van der Waals surface area (Å²) in [6.07, 6.45) is 4.99. The monoisotopic (exact) mass is 297 g/mol. The highest BCUT2D eigenvalue weighted by Gasteiger charge is 2.09. The molecule has 0 fully saturated rings. The molecule has 0 radical (unpaired) electrons. The molecule has 0 unspecified atom stereocenters. The second-order valence-electron chi connectivity index (χ2n) is 4.70. The van der Waals surface area contributed by atoms with Gasteiger partial charge in [0.25, 0.3) is 0 Å². The fourth-order valence-corrected chi connectivity index (χ4v) is 3.08. The van der Waals surface area contributed by atoms with Gasteiger partial charge in [-0.05, 0) is 17.7 Å². The predicted octanol–water partition coefficient (Wildman–Crippen LogP) is 2.80. The van der Waals surface area contributed by atoms with Crippen LogP contribution in [0.3, 0.4) is 0 Å². The number of nitrogens with zero attached hydrogens (tertiary/aromatic N) is 5. The Balaban J connectivity index is 1.62. The van der Waals surface area contributed by atoms with Gasteiger partial charge in [0.1, 0.15) is 28.6 Å². The predicted molar refractivity (Wildman–Crippen MR) is 79.9 cm³/mol. The molecule has 0 aliphatic rings. The maximum Gasteiger partial charge on any atom is 0.164 e. The third-order valence-electron chi connectivity index (χ3n) is 3.26. The van der Waals surface area contributed by atoms with Crippen LogP contribution >= 0.6 is 11.8 Å². The number of benzene rings is 1. The molecule has 1 aromatic carbocycles. The van der Waals surface area contributed by atoms with Gasteiger partial charge in [-0.1, -0.05) is 23.0 Å². The molecule has 21 heavy (non-hydrogen) atoms. The number of aryl methyl sites for hydroxylation is 1. The first-order valence-corrected chi connectivity index (χ1v) is 7.37. The number of aromatic nitrogens is 5. The number of imidazole rings is 1. The summed E-state index contributed by atoms with van der Waals surface area (Å²) in [5, 5.41) is 5.81. The van der Waals surface area contributed by atoms with Gasteiger partial charge >= 0.3 is 0 Å². The smallest absolute Gasteiger partial charge is 0.164 e. The van der Waals surface area contributed by atoms with Gasteiger partial charge in [0, 0.05) is 18.2 Å². The zero-order valence-electron chi connectivity index (χ0n) is 11.2. The van der Waals surface area contributed by atoms with Gasteiger partial charge in [-0.2, -0.15) is 0 Å². The van der Waals surface area contributed by atoms with Crippen LogP contribution < -0.4 is 0 Å². The van der Waals surface area contributed by atoms with Crippen LogP contribution in [0.5, 0.6) is 0 Å². The number of rotatable bonds is 3. The topological polar surface area (TPSA) is 69.6 Å². The van der Waals surface area contributed by atoms with Gasteiger partial charge in [0.15, 0.2) is 5.65 Å². The van der Waals surface area contributed by atoms with Crippen molar-refractivity contribution < 1.29 is 4.52 Å². The van der Waals surface area contributed by atoms with E-state index in [1.807, 2.05) is 17.7 Å². The molecule has 0 saturated heterocycles. The molecule has 0 spiro atoms. The molecule has 0 aliphatic carbocycles. The second kappa shape index (κ2) is 4.85. The molecule has 104 valence electrons. The number of thioether (sulfide) groups is 1. The van der Waals surface area contributed by atoms with Crippen molar-refractivity contribution in [2.45, 2.75) is 10.8 Å². The summed E-state index contributed by atoms with van der Waals surface area (Å²) in [5.74, 6) is 0.809. The largest absolute Gasteiger partial charge is 0.364 e. The van der Waals surface area contributed by atoms with Crippen molar-refractivity contribution in [1.29, 1.82) is 0 Å². The van der Waals surface area contributed by atoms with E-state index < -0.39 is 0 Å². The van der Waals surface area contributed by atoms with Crippen molar-refractivity contribution in [3.8, 4) is 0 Å². The van der Waals surface area contributed by atoms with Crippen molar-refractivity contribution in [2.75, 3.05) is 0 Å². The van der Waals surface area contributed by atoms with Crippen molar-refractivity contribution >= 4 is 33.8 Å². The number of fused-ring (bicyclic) bond motifs is 2. The highest BCUT2D eigenvalue weighted by Crippen LogP contribution is 2.27. The molecule has 0 bridgehead atoms. The Morgan fingerprint density at radius 2 is 2.19 bits per heavy atom. The van der Waals surface area contributed by atoms with Crippen LogP contribution in [-0.4, -0.2) is 24.7 Å². The highest BCUT2D eigenvalue weighted by molar-refractivity contribution is 7.98. The summed E-state index contributed by atoms with van der Waals surface area (Å²) >= 11 is 1.65. The average Bonchev–Trinajstić information content (AvgIpc) is 3.12. The Morgan fingerprint density at radius 1 is 1.24 bits per heavy atom. The Labute approximate surface area is 124 Å². The Hall–Kier alpha value is -2.41. The van der Waals surface area contributed by atoms with E-state index in [2.05, 4.69) is 32.2 Å². The maximum atomic E-state index is 4.95. The highest BCUT2D eigenvalue weighted by atomic mass is 32.2. The lowest BCUT2D eigenvalue weighted by molar-refractivity contribution is 0.428. The van der Waals surface area contributed by atoms with E-state index >= 15 is 0 Å². The third kappa shape index (κ3) is 2.15. The number of hydrogen-bond acceptors (Lipinski definition) is 6. The normalized spacial score (nSPS) is 11.5. The van der Waals surface area contributed by atoms with Crippen LogP contribution in [0.25, 0.3) is 22.1 Å². The van der Waals surface area contributed by atoms with Crippen LogP contribution in [0.4, 0.5) is 0 Å². The van der Waals surface area contributed by atoms with Gasteiger partial charge in [-0.25, -0.2) is 15.0 Å². The van der Waals surface area contributed by atoms with Crippen molar-refractivity contribution in [3.05, 3.63) is 42.7 Å². The Bertz CT molecular complexity index is 929. The minimum Gasteiger partial charge on any atom is -0.364 e. The zero-order chi connectivity index (χ0) is 14.2. The molecule has 0 N–H and O–H groups in total. The SMILES string of the molecule is Cn1cnc2c(SCc3ccc4nocc4c3)ncnc21. The number of hydrogen-bond donors (Lipinski definition) is 0. The van der Waals surface area contributed by atoms with Gasteiger partial charge in [0.05, 0.1) is 6.33 Å². The van der Waals surface area contributed by atoms with Gasteiger partial charge in [0.2, 0.25) is 0 Å². The lowest BCUT2D eigenvalue weighted by Crippen LogP contribution is -1.91. The molecule has 0 amide bonds. The lowest BCUT2D eigenvalue weighted by Gasteiger charge is -2.02. The molecule has 0 saturated carbocycles. The summed E-state index contributed by atoms with van der Waals surface area (Å²) in [4.78, 5) is 12.9. The first kappa shape index (κ1) is 12.3. The Morgan fingerprint density at radius 3 is 3.14 bits per heavy atom. The Kier molecular flexibility index (Phi) is 2.85. The lowest BCUT2D eigenvalue weighted by atomic mass is 10.2. The zero-order valence-corrected chi connectivity index (χ0v) is 12.0. The molecule has 3 heterocycles. The van der Waals surface area contributed by atoms with E-state index in [1.165, 1.54) is 5.56 Å². The molecule has 0 atom stereocenters. The summed E-state index contributed by atoms with van der Waals surface area (Å²) in [6, 6.07) is 6.09. The fraction of sp³-hybridized carbons (Fsp3) is 0.143. The molecule has 7 heteroatoms. The summed E-state index contributed by atoms with van der Waals surface area (Å²) in [6.45, 7) is 0. The standard InChI is InChI=1S/C14H11N5OS/c1-19-8-17-12-13(19)15-7-16-14(12)21-6-9-2-3-11-10(4-9)5-20-18-11/h2-5,7-8H,6H2,1H3. The quantitative estimate of drug-likeness (QED) is 0.428. The van der Waals surface area contributed by atoms with Crippen molar-refractivity contribution in [3.63, 3.8) is 0 Å². The van der Waals surface area contributed by atoms with Gasteiger partial charge in [-0.15, -0.1) is 0 Å². The molecule has 6 nitrogen and oxygen atoms in total. The van der Waals surface area contributed by atoms with Crippen LogP contribution in [0.15, 0.2) is 46.7 Å². The van der Waals surface area contributed by atoms with Crippen molar-refractivity contribution in [1.82, 2.24) is 24.7 Å². The molecular weight excluding hydrogens is 286 g/mol. The molecular formula is C14H11N5OS. The van der Waals surface area contributed by atoms with Gasteiger partial charge in [-0.3, -0.25) is 0 Å². The first-order valence-electron chi connectivity index (χ1n) is 6.39. The third-order valence-corrected chi connectivity index (χ3v) is 4.31. The van der Waals surface area contributed by atoms with E-state index in [0.717, 1.165) is 32.8 Å². The first-order chi connectivity index (χ1) is 10.3. The maximum absolute atomic E-state index is 4.95. The van der Waals surface area contributed by atoms with E-state index in [1.54, 1.807) is 30.7 Å². The minimum absolute atomic E-state index is 0.809. The van der Waals surface area contributed by atoms with Crippen LogP contribution in [0.2, 0.25) is 0 Å². The van der Waals surface area contributed by atoms with Crippen molar-refractivity contribution in [2.24, 2.45) is 7.05 Å². The van der Waals surface area contributed by atoms with E-state index in [9.17, 15) is 0 Å². The fourth-order valence-electron chi connectivity index (χ4n) is 2.19. The van der Waals surface area contributed by atoms with E-state index in [4.69, 9.17) is 4.52 Å². The molecule has 4 rings (SSSR count). The second-order valence-corrected chi connectivity index (χ2v) is 5.67. The van der Waals surface area contributed by atoms with Crippen LogP contribution in [0.1, 0.15) is 5.56 Å². The molecule has 0 aliphatic heterocycles. The van der Waals surface area contributed by atoms with E-state index in [-0.39, 0.29) is 0 Å². The van der Waals surface area contributed by atoms with Crippen LogP contribution in [-0.2, 0) is 12.8 Å². The molecule has 3 aromatic heterocycles. The van der Waals surface area contributed by atoms with Gasteiger partial charge < -0.3 is 9.09 Å². The summed E-state index contributed by atoms with van der Waals surface area (Å²) in [7, 11) is 1.93. The molecule has 4 aromatic rings. The van der Waals surface area contributed by atoms with E-state index in [0.29, 0.717) is 0 Å². The minimum atomic E-state index is 0.809. The van der Waals surface area contributed by atoms with Crippen LogP contribution in [0, 0.1) is 0 Å². The summed E-state index contributed by atoms with van der Waals surface area (Å²) < 4.78 is 6.85. The average molecular weight is 297 g/mol. The summed E-state index contributed by atoms with van der Waals surface area (Å²) in [5.41, 5.74) is 3.76.